The quantitative estimate of drug-likeness (QED) is 0.753. The molecule has 0 unspecified atom stereocenters. The number of anilines is 3. The van der Waals surface area contributed by atoms with E-state index in [0.29, 0.717) is 22.3 Å². The van der Waals surface area contributed by atoms with Gasteiger partial charge in [-0.1, -0.05) is 17.7 Å². The van der Waals surface area contributed by atoms with Crippen LogP contribution in [-0.2, 0) is 0 Å². The average Bonchev–Trinajstić information content (AvgIpc) is 2.82. The molecule has 2 heterocycles. The Morgan fingerprint density at radius 2 is 2.21 bits per heavy atom. The van der Waals surface area contributed by atoms with E-state index in [2.05, 4.69) is 15.3 Å². The summed E-state index contributed by atoms with van der Waals surface area (Å²) in [7, 11) is 0. The predicted molar refractivity (Wildman–Crippen MR) is 76.9 cm³/mol. The number of imidazole rings is 1. The summed E-state index contributed by atoms with van der Waals surface area (Å²) in [6, 6.07) is 5.64. The van der Waals surface area contributed by atoms with Crippen molar-refractivity contribution in [2.24, 2.45) is 0 Å². The summed E-state index contributed by atoms with van der Waals surface area (Å²) < 4.78 is 1.82. The van der Waals surface area contributed by atoms with E-state index in [1.807, 2.05) is 35.7 Å². The normalized spacial score (nSPS) is 10.8. The Morgan fingerprint density at radius 3 is 3.05 bits per heavy atom. The van der Waals surface area contributed by atoms with E-state index in [0.717, 1.165) is 11.3 Å². The van der Waals surface area contributed by atoms with Crippen LogP contribution in [-0.4, -0.2) is 14.4 Å². The number of halogens is 1. The molecule has 3 aromatic rings. The van der Waals surface area contributed by atoms with Gasteiger partial charge in [0.1, 0.15) is 5.82 Å². The van der Waals surface area contributed by atoms with Gasteiger partial charge in [0.2, 0.25) is 0 Å². The van der Waals surface area contributed by atoms with E-state index in [9.17, 15) is 0 Å². The summed E-state index contributed by atoms with van der Waals surface area (Å²) in [6.07, 6.45) is 5.24. The first-order valence-corrected chi connectivity index (χ1v) is 6.13. The van der Waals surface area contributed by atoms with Crippen molar-refractivity contribution in [3.05, 3.63) is 47.4 Å². The number of nitrogens with two attached hydrogens (primary N) is 1. The topological polar surface area (TPSA) is 68.2 Å². The third-order valence-electron chi connectivity index (χ3n) is 2.85. The van der Waals surface area contributed by atoms with Crippen LogP contribution in [0.15, 0.2) is 36.8 Å². The van der Waals surface area contributed by atoms with E-state index in [4.69, 9.17) is 17.3 Å². The maximum atomic E-state index is 6.01. The molecule has 0 radical (unpaired) electrons. The number of nitrogens with zero attached hydrogens (tertiary/aromatic N) is 3. The lowest BCUT2D eigenvalue weighted by molar-refractivity contribution is 1.13. The third kappa shape index (κ3) is 2.20. The molecule has 0 aliphatic heterocycles. The van der Waals surface area contributed by atoms with Crippen molar-refractivity contribution in [3.8, 4) is 0 Å². The minimum Gasteiger partial charge on any atom is -0.382 e. The number of hydrogen-bond acceptors (Lipinski definition) is 4. The van der Waals surface area contributed by atoms with Crippen LogP contribution in [0, 0.1) is 6.92 Å². The first-order chi connectivity index (χ1) is 9.13. The Labute approximate surface area is 115 Å². The Bertz CT molecular complexity index is 750. The molecule has 6 heteroatoms. The molecular weight excluding hydrogens is 262 g/mol. The second-order valence-corrected chi connectivity index (χ2v) is 4.69. The molecule has 0 bridgehead atoms. The van der Waals surface area contributed by atoms with E-state index < -0.39 is 0 Å². The first kappa shape index (κ1) is 11.8. The van der Waals surface area contributed by atoms with Crippen LogP contribution in [0.3, 0.4) is 0 Å². The molecular formula is C13H12ClN5. The van der Waals surface area contributed by atoms with E-state index in [-0.39, 0.29) is 0 Å². The summed E-state index contributed by atoms with van der Waals surface area (Å²) in [5, 5.41) is 3.89. The lowest BCUT2D eigenvalue weighted by Crippen LogP contribution is -2.02. The molecule has 0 saturated heterocycles. The number of fused-ring (bicyclic) bond motifs is 1. The fourth-order valence-electron chi connectivity index (χ4n) is 1.89. The van der Waals surface area contributed by atoms with Gasteiger partial charge in [-0.05, 0) is 24.6 Å². The van der Waals surface area contributed by atoms with Crippen LogP contribution >= 0.6 is 11.6 Å². The second kappa shape index (κ2) is 4.44. The summed E-state index contributed by atoms with van der Waals surface area (Å²) in [5.74, 6) is 1.03. The van der Waals surface area contributed by atoms with E-state index in [1.54, 1.807) is 12.4 Å². The van der Waals surface area contributed by atoms with Gasteiger partial charge in [0.15, 0.2) is 11.5 Å². The molecule has 0 spiro atoms. The van der Waals surface area contributed by atoms with Crippen LogP contribution in [0.1, 0.15) is 5.56 Å². The molecule has 1 aromatic carbocycles. The van der Waals surface area contributed by atoms with Crippen molar-refractivity contribution in [2.45, 2.75) is 6.92 Å². The third-order valence-corrected chi connectivity index (χ3v) is 3.08. The number of hydrogen-bond donors (Lipinski definition) is 2. The molecule has 0 aliphatic rings. The fraction of sp³-hybridized carbons (Fsp3) is 0.0769. The molecule has 0 fully saturated rings. The van der Waals surface area contributed by atoms with Crippen LogP contribution < -0.4 is 11.1 Å². The van der Waals surface area contributed by atoms with Crippen LogP contribution in [0.5, 0.6) is 0 Å². The zero-order valence-electron chi connectivity index (χ0n) is 10.3. The van der Waals surface area contributed by atoms with Gasteiger partial charge in [-0.15, -0.1) is 0 Å². The highest BCUT2D eigenvalue weighted by Crippen LogP contribution is 2.25. The molecule has 3 N–H and O–H groups in total. The minimum absolute atomic E-state index is 0.424. The molecule has 96 valence electrons. The maximum absolute atomic E-state index is 6.01. The summed E-state index contributed by atoms with van der Waals surface area (Å²) in [5.41, 5.74) is 8.45. The molecule has 0 aliphatic carbocycles. The van der Waals surface area contributed by atoms with Gasteiger partial charge in [0, 0.05) is 23.1 Å². The van der Waals surface area contributed by atoms with Crippen molar-refractivity contribution < 1.29 is 0 Å². The number of benzene rings is 1. The van der Waals surface area contributed by atoms with Crippen molar-refractivity contribution in [2.75, 3.05) is 11.1 Å². The largest absolute Gasteiger partial charge is 0.382 e. The fourth-order valence-corrected chi connectivity index (χ4v) is 2.06. The smallest absolute Gasteiger partial charge is 0.180 e. The molecule has 0 atom stereocenters. The molecule has 2 aromatic heterocycles. The zero-order chi connectivity index (χ0) is 13.4. The van der Waals surface area contributed by atoms with Crippen LogP contribution in [0.2, 0.25) is 5.02 Å². The van der Waals surface area contributed by atoms with Crippen LogP contribution in [0.4, 0.5) is 17.3 Å². The zero-order valence-corrected chi connectivity index (χ0v) is 11.0. The van der Waals surface area contributed by atoms with Gasteiger partial charge in [-0.25, -0.2) is 9.97 Å². The van der Waals surface area contributed by atoms with E-state index in [1.165, 1.54) is 0 Å². The molecule has 0 amide bonds. The Morgan fingerprint density at radius 1 is 1.37 bits per heavy atom. The van der Waals surface area contributed by atoms with Crippen molar-refractivity contribution in [1.29, 1.82) is 0 Å². The Hall–Kier alpha value is -2.27. The van der Waals surface area contributed by atoms with Crippen molar-refractivity contribution >= 4 is 34.6 Å². The van der Waals surface area contributed by atoms with Crippen molar-refractivity contribution in [1.82, 2.24) is 14.4 Å². The van der Waals surface area contributed by atoms with Crippen molar-refractivity contribution in [3.63, 3.8) is 0 Å². The van der Waals surface area contributed by atoms with Gasteiger partial charge >= 0.3 is 0 Å². The molecule has 5 nitrogen and oxygen atoms in total. The van der Waals surface area contributed by atoms with Gasteiger partial charge in [-0.2, -0.15) is 0 Å². The first-order valence-electron chi connectivity index (χ1n) is 5.76. The van der Waals surface area contributed by atoms with E-state index >= 15 is 0 Å². The number of aryl methyl sites for hydroxylation is 1. The summed E-state index contributed by atoms with van der Waals surface area (Å²) >= 11 is 6.01. The van der Waals surface area contributed by atoms with Gasteiger partial charge < -0.3 is 15.5 Å². The lowest BCUT2D eigenvalue weighted by Gasteiger charge is -2.10. The predicted octanol–water partition coefficient (Wildman–Crippen LogP) is 3.02. The summed E-state index contributed by atoms with van der Waals surface area (Å²) in [6.45, 7) is 1.99. The molecule has 3 rings (SSSR count). The minimum atomic E-state index is 0.424. The Balaban J connectivity index is 2.10. The van der Waals surface area contributed by atoms with Gasteiger partial charge in [0.05, 0.1) is 6.20 Å². The Kier molecular flexibility index (Phi) is 2.76. The highest BCUT2D eigenvalue weighted by atomic mass is 35.5. The second-order valence-electron chi connectivity index (χ2n) is 4.26. The molecule has 19 heavy (non-hydrogen) atoms. The van der Waals surface area contributed by atoms with Crippen LogP contribution in [0.25, 0.3) is 5.65 Å². The number of nitrogen functional groups attached to an aromatic ring is 1. The monoisotopic (exact) mass is 273 g/mol. The lowest BCUT2D eigenvalue weighted by atomic mass is 10.2. The number of rotatable bonds is 2. The number of aromatic nitrogens is 3. The molecule has 0 saturated carbocycles. The highest BCUT2D eigenvalue weighted by molar-refractivity contribution is 6.30. The highest BCUT2D eigenvalue weighted by Gasteiger charge is 2.08. The standard InChI is InChI=1S/C13H12ClN5/c1-8-2-3-9(14)6-10(8)17-12-13-16-4-5-19(13)7-11(15)18-12/h2-7H,15H2,1H3,(H,17,18). The number of nitrogens with one attached hydrogen (secondary N) is 1. The van der Waals surface area contributed by atoms with Gasteiger partial charge in [0.25, 0.3) is 0 Å². The average molecular weight is 274 g/mol. The summed E-state index contributed by atoms with van der Waals surface area (Å²) in [4.78, 5) is 8.54. The maximum Gasteiger partial charge on any atom is 0.180 e. The van der Waals surface area contributed by atoms with Gasteiger partial charge in [-0.3, -0.25) is 0 Å². The SMILES string of the molecule is Cc1ccc(Cl)cc1Nc1nc(N)cn2ccnc12.